The van der Waals surface area contributed by atoms with Gasteiger partial charge in [-0.2, -0.15) is 5.26 Å². The van der Waals surface area contributed by atoms with Gasteiger partial charge in [0.2, 0.25) is 0 Å². The maximum absolute atomic E-state index is 12.6. The fraction of sp³-hybridized carbons (Fsp3) is 0.824. The van der Waals surface area contributed by atoms with Crippen molar-refractivity contribution < 1.29 is 4.79 Å². The zero-order valence-corrected chi connectivity index (χ0v) is 16.1. The highest BCUT2D eigenvalue weighted by Crippen LogP contribution is 2.08. The molecule has 1 rings (SSSR count). The maximum atomic E-state index is 12.6. The van der Waals surface area contributed by atoms with E-state index in [1.165, 1.54) is 0 Å². The van der Waals surface area contributed by atoms with Gasteiger partial charge in [-0.1, -0.05) is 0 Å². The minimum Gasteiger partial charge on any atom is -0.329 e. The number of rotatable bonds is 15. The third-order valence-corrected chi connectivity index (χ3v) is 4.52. The molecule has 1 saturated heterocycles. The van der Waals surface area contributed by atoms with Crippen molar-refractivity contribution in [3.05, 3.63) is 11.4 Å². The molecule has 27 heavy (non-hydrogen) atoms. The van der Waals surface area contributed by atoms with Crippen LogP contribution in [0.1, 0.15) is 0 Å². The summed E-state index contributed by atoms with van der Waals surface area (Å²) < 4.78 is 0. The molecule has 0 saturated carbocycles. The Bertz CT molecular complexity index is 502. The molecular weight excluding hydrogens is 346 g/mol. The molecule has 152 valence electrons. The van der Waals surface area contributed by atoms with Gasteiger partial charge in [0.05, 0.1) is 12.6 Å². The van der Waals surface area contributed by atoms with E-state index in [-0.39, 0.29) is 6.03 Å². The summed E-state index contributed by atoms with van der Waals surface area (Å²) in [6, 6.07) is 2.11. The van der Waals surface area contributed by atoms with Crippen LogP contribution in [0, 0.1) is 17.9 Å². The lowest BCUT2D eigenvalue weighted by Gasteiger charge is -2.25. The monoisotopic (exact) mass is 379 g/mol. The molecule has 0 spiro atoms. The van der Waals surface area contributed by atoms with Gasteiger partial charge >= 0.3 is 6.03 Å². The summed E-state index contributed by atoms with van der Waals surface area (Å²) in [7, 11) is 0. The molecule has 1 aliphatic heterocycles. The Morgan fingerprint density at radius 2 is 1.67 bits per heavy atom. The number of nitrogens with zero attached hydrogens (tertiary/aromatic N) is 6. The molecule has 0 aromatic carbocycles. The fourth-order valence-corrected chi connectivity index (χ4v) is 3.01. The molecule has 0 unspecified atom stereocenters. The van der Waals surface area contributed by atoms with Crippen LogP contribution in [-0.2, 0) is 0 Å². The van der Waals surface area contributed by atoms with Crippen molar-refractivity contribution in [2.24, 2.45) is 11.5 Å². The minimum atomic E-state index is 0.0563. The third kappa shape index (κ3) is 9.00. The number of nitriles is 1. The van der Waals surface area contributed by atoms with E-state index >= 15 is 0 Å². The number of urea groups is 1. The van der Waals surface area contributed by atoms with Crippen molar-refractivity contribution in [2.45, 2.75) is 0 Å². The van der Waals surface area contributed by atoms with Crippen LogP contribution in [0.3, 0.4) is 0 Å². The predicted octanol–water partition coefficient (Wildman–Crippen LogP) is -1.76. The van der Waals surface area contributed by atoms with Crippen LogP contribution in [-0.4, -0.2) is 117 Å². The van der Waals surface area contributed by atoms with Crippen molar-refractivity contribution in [2.75, 3.05) is 91.8 Å². The molecule has 0 aromatic rings. The summed E-state index contributed by atoms with van der Waals surface area (Å²) in [6.45, 7) is 15.9. The molecule has 0 aromatic heterocycles. The zero-order chi connectivity index (χ0) is 19.9. The van der Waals surface area contributed by atoms with Crippen molar-refractivity contribution in [1.29, 1.82) is 5.26 Å². The minimum absolute atomic E-state index is 0.0563. The van der Waals surface area contributed by atoms with E-state index in [1.54, 1.807) is 0 Å². The van der Waals surface area contributed by atoms with Gasteiger partial charge < -0.3 is 26.6 Å². The maximum Gasteiger partial charge on any atom is 0.320 e. The van der Waals surface area contributed by atoms with E-state index < -0.39 is 0 Å². The number of hydrogen-bond donors (Lipinski definition) is 3. The Morgan fingerprint density at radius 1 is 1.07 bits per heavy atom. The van der Waals surface area contributed by atoms with Crippen LogP contribution < -0.4 is 16.8 Å². The summed E-state index contributed by atoms with van der Waals surface area (Å²) in [5.74, 6) is 0. The number of carbonyl (C=O) groups is 1. The second kappa shape index (κ2) is 14.2. The quantitative estimate of drug-likeness (QED) is 0.175. The molecule has 0 atom stereocenters. The molecule has 1 heterocycles. The molecule has 0 aliphatic carbocycles. The summed E-state index contributed by atoms with van der Waals surface area (Å²) in [6.07, 6.45) is 0. The summed E-state index contributed by atoms with van der Waals surface area (Å²) in [4.78, 5) is 23.9. The number of hydrogen-bond acceptors (Lipinski definition) is 7. The lowest BCUT2D eigenvalue weighted by atomic mass is 10.4. The molecule has 10 heteroatoms. The van der Waals surface area contributed by atoms with Crippen LogP contribution in [0.5, 0.6) is 0 Å². The summed E-state index contributed by atoms with van der Waals surface area (Å²) in [5.41, 5.74) is 11.2. The highest BCUT2D eigenvalue weighted by Gasteiger charge is 2.28. The first-order valence-electron chi connectivity index (χ1n) is 9.45. The molecule has 10 nitrogen and oxygen atoms in total. The topological polar surface area (TPSA) is 122 Å². The van der Waals surface area contributed by atoms with E-state index in [0.717, 1.165) is 32.7 Å². The molecule has 2 amide bonds. The third-order valence-electron chi connectivity index (χ3n) is 4.52. The zero-order valence-electron chi connectivity index (χ0n) is 16.1. The molecule has 1 aliphatic rings. The van der Waals surface area contributed by atoms with Crippen LogP contribution in [0.15, 0.2) is 0 Å². The Hall–Kier alpha value is -1.95. The Labute approximate surface area is 162 Å². The number of nitrogens with one attached hydrogen (secondary N) is 1. The van der Waals surface area contributed by atoms with Crippen molar-refractivity contribution in [3.8, 4) is 6.07 Å². The number of amides is 2. The molecule has 5 N–H and O–H groups in total. The van der Waals surface area contributed by atoms with Crippen LogP contribution in [0.4, 0.5) is 4.79 Å². The van der Waals surface area contributed by atoms with Gasteiger partial charge in [0.25, 0.3) is 6.67 Å². The largest absolute Gasteiger partial charge is 0.329 e. The smallest absolute Gasteiger partial charge is 0.320 e. The summed E-state index contributed by atoms with van der Waals surface area (Å²) >= 11 is 0. The standard InChI is InChI=1S/C17H33N9O/c1-21-16-24(8-4-20)11-13-26-15-14-25(17(26)27)12-10-23(7-3-19)9-6-22-5-2-18/h22H,3-16,19-20H2. The first-order chi connectivity index (χ1) is 13.2. The van der Waals surface area contributed by atoms with E-state index in [2.05, 4.69) is 21.1 Å². The van der Waals surface area contributed by atoms with E-state index in [0.29, 0.717) is 59.0 Å². The first kappa shape index (κ1) is 23.1. The fourth-order valence-electron chi connectivity index (χ4n) is 3.01. The Morgan fingerprint density at radius 3 is 2.22 bits per heavy atom. The van der Waals surface area contributed by atoms with Crippen LogP contribution in [0.25, 0.3) is 4.85 Å². The van der Waals surface area contributed by atoms with Gasteiger partial charge in [0.15, 0.2) is 0 Å². The number of carbonyl (C=O) groups excluding carboxylic acids is 1. The molecule has 0 radical (unpaired) electrons. The van der Waals surface area contributed by atoms with Gasteiger partial charge in [-0.25, -0.2) is 16.3 Å². The average Bonchev–Trinajstić information content (AvgIpc) is 3.01. The number of nitrogens with two attached hydrogens (primary N) is 2. The SMILES string of the molecule is [C-]#[N+]CN(CCN)CCN1CCN(CCN(CCN)CCNCC#N)C1=O. The second-order valence-corrected chi connectivity index (χ2v) is 6.43. The molecular formula is C17H33N9O. The molecule has 1 fully saturated rings. The summed E-state index contributed by atoms with van der Waals surface area (Å²) in [5, 5.41) is 11.6. The van der Waals surface area contributed by atoms with Crippen molar-refractivity contribution >= 4 is 6.03 Å². The van der Waals surface area contributed by atoms with E-state index in [9.17, 15) is 4.79 Å². The second-order valence-electron chi connectivity index (χ2n) is 6.43. The van der Waals surface area contributed by atoms with Crippen molar-refractivity contribution in [3.63, 3.8) is 0 Å². The van der Waals surface area contributed by atoms with Gasteiger partial charge in [0, 0.05) is 78.5 Å². The van der Waals surface area contributed by atoms with Crippen LogP contribution in [0.2, 0.25) is 0 Å². The van der Waals surface area contributed by atoms with Gasteiger partial charge in [0.1, 0.15) is 0 Å². The highest BCUT2D eigenvalue weighted by molar-refractivity contribution is 5.76. The average molecular weight is 380 g/mol. The Kier molecular flexibility index (Phi) is 12.1. The predicted molar refractivity (Wildman–Crippen MR) is 105 cm³/mol. The normalized spacial score (nSPS) is 14.2. The molecule has 0 bridgehead atoms. The van der Waals surface area contributed by atoms with E-state index in [1.807, 2.05) is 14.7 Å². The van der Waals surface area contributed by atoms with Gasteiger partial charge in [-0.05, 0) is 0 Å². The van der Waals surface area contributed by atoms with Crippen molar-refractivity contribution in [1.82, 2.24) is 24.9 Å². The lowest BCUT2D eigenvalue weighted by Crippen LogP contribution is -2.43. The van der Waals surface area contributed by atoms with E-state index in [4.69, 9.17) is 23.3 Å². The first-order valence-corrected chi connectivity index (χ1v) is 9.45. The van der Waals surface area contributed by atoms with Crippen LogP contribution >= 0.6 is 0 Å². The lowest BCUT2D eigenvalue weighted by molar-refractivity contribution is 0.177. The Balaban J connectivity index is 2.36. The highest BCUT2D eigenvalue weighted by atomic mass is 16.2. The van der Waals surface area contributed by atoms with Gasteiger partial charge in [-0.15, -0.1) is 0 Å². The van der Waals surface area contributed by atoms with Gasteiger partial charge in [-0.3, -0.25) is 9.74 Å².